The van der Waals surface area contributed by atoms with Gasteiger partial charge in [-0.25, -0.2) is 0 Å². The van der Waals surface area contributed by atoms with Crippen LogP contribution in [0.4, 0.5) is 0 Å². The van der Waals surface area contributed by atoms with Crippen LogP contribution in [0, 0.1) is 0 Å². The van der Waals surface area contributed by atoms with Crippen LogP contribution in [0.1, 0.15) is 39.7 Å². The van der Waals surface area contributed by atoms with Crippen LogP contribution in [0.3, 0.4) is 0 Å². The molecule has 1 fully saturated rings. The standard InChI is InChI=1S/C15H21BO4/c1-14(2)15(3,4)20-16(19-14)12-7-5-6-11(10-12)8-9-13(17)18/h5-7,10H,8-9H2,1-4H3,(H,17,18). The molecule has 1 saturated heterocycles. The number of rotatable bonds is 4. The van der Waals surface area contributed by atoms with Crippen molar-refractivity contribution in [2.75, 3.05) is 0 Å². The number of aryl methyl sites for hydroxylation is 1. The molecule has 0 atom stereocenters. The number of aliphatic carboxylic acids is 1. The number of hydrogen-bond donors (Lipinski definition) is 1. The summed E-state index contributed by atoms with van der Waals surface area (Å²) in [5.41, 5.74) is 1.19. The Balaban J connectivity index is 2.14. The van der Waals surface area contributed by atoms with E-state index in [4.69, 9.17) is 14.4 Å². The molecular weight excluding hydrogens is 255 g/mol. The fourth-order valence-electron chi connectivity index (χ4n) is 2.13. The molecule has 0 spiro atoms. The van der Waals surface area contributed by atoms with Gasteiger partial charge in [0.1, 0.15) is 0 Å². The van der Waals surface area contributed by atoms with Crippen molar-refractivity contribution in [3.63, 3.8) is 0 Å². The van der Waals surface area contributed by atoms with Crippen LogP contribution in [0.2, 0.25) is 0 Å². The SMILES string of the molecule is CC1(C)OB(c2cccc(CCC(=O)O)c2)OC1(C)C. The molecule has 1 heterocycles. The number of carboxylic acid groups (broad SMARTS) is 1. The van der Waals surface area contributed by atoms with Crippen molar-refractivity contribution in [2.24, 2.45) is 0 Å². The van der Waals surface area contributed by atoms with Crippen LogP contribution in [0.15, 0.2) is 24.3 Å². The third kappa shape index (κ3) is 3.05. The Morgan fingerprint density at radius 1 is 1.20 bits per heavy atom. The molecular formula is C15H21BO4. The van der Waals surface area contributed by atoms with Gasteiger partial charge >= 0.3 is 13.1 Å². The average Bonchev–Trinajstić information content (AvgIpc) is 2.56. The summed E-state index contributed by atoms with van der Waals surface area (Å²) >= 11 is 0. The Bertz CT molecular complexity index is 494. The summed E-state index contributed by atoms with van der Waals surface area (Å²) in [6.45, 7) is 8.06. The van der Waals surface area contributed by atoms with Gasteiger partial charge in [0.2, 0.25) is 0 Å². The van der Waals surface area contributed by atoms with Gasteiger partial charge in [-0.2, -0.15) is 0 Å². The summed E-state index contributed by atoms with van der Waals surface area (Å²) in [6.07, 6.45) is 0.648. The summed E-state index contributed by atoms with van der Waals surface area (Å²) in [5.74, 6) is -0.786. The molecule has 5 heteroatoms. The lowest BCUT2D eigenvalue weighted by molar-refractivity contribution is -0.136. The second-order valence-corrected chi connectivity index (χ2v) is 6.23. The van der Waals surface area contributed by atoms with Crippen molar-refractivity contribution in [3.05, 3.63) is 29.8 Å². The third-order valence-electron chi connectivity index (χ3n) is 4.10. The van der Waals surface area contributed by atoms with Gasteiger partial charge in [0.15, 0.2) is 0 Å². The van der Waals surface area contributed by atoms with Crippen molar-refractivity contribution >= 4 is 18.6 Å². The molecule has 1 aromatic rings. The first kappa shape index (κ1) is 15.1. The highest BCUT2D eigenvalue weighted by Gasteiger charge is 2.51. The van der Waals surface area contributed by atoms with E-state index in [0.717, 1.165) is 11.0 Å². The molecule has 0 unspecified atom stereocenters. The molecule has 0 aromatic heterocycles. The minimum absolute atomic E-state index is 0.132. The molecule has 0 aliphatic carbocycles. The lowest BCUT2D eigenvalue weighted by Gasteiger charge is -2.32. The van der Waals surface area contributed by atoms with Gasteiger partial charge in [0.05, 0.1) is 11.2 Å². The first-order chi connectivity index (χ1) is 9.21. The van der Waals surface area contributed by atoms with Crippen molar-refractivity contribution in [1.82, 2.24) is 0 Å². The van der Waals surface area contributed by atoms with Crippen LogP contribution >= 0.6 is 0 Å². The fraction of sp³-hybridized carbons (Fsp3) is 0.533. The zero-order chi connectivity index (χ0) is 15.0. The third-order valence-corrected chi connectivity index (χ3v) is 4.10. The van der Waals surface area contributed by atoms with E-state index in [0.29, 0.717) is 6.42 Å². The number of carboxylic acids is 1. The molecule has 20 heavy (non-hydrogen) atoms. The van der Waals surface area contributed by atoms with E-state index in [1.54, 1.807) is 0 Å². The molecule has 0 saturated carbocycles. The largest absolute Gasteiger partial charge is 0.494 e. The molecule has 0 radical (unpaired) electrons. The Morgan fingerprint density at radius 2 is 1.80 bits per heavy atom. The summed E-state index contributed by atoms with van der Waals surface area (Å²) in [5, 5.41) is 8.74. The van der Waals surface area contributed by atoms with E-state index >= 15 is 0 Å². The molecule has 4 nitrogen and oxygen atoms in total. The predicted molar refractivity (Wildman–Crippen MR) is 78.1 cm³/mol. The number of benzene rings is 1. The Labute approximate surface area is 120 Å². The molecule has 1 N–H and O–H groups in total. The van der Waals surface area contributed by atoms with E-state index in [-0.39, 0.29) is 17.6 Å². The first-order valence-corrected chi connectivity index (χ1v) is 6.87. The zero-order valence-electron chi connectivity index (χ0n) is 12.5. The molecule has 0 bridgehead atoms. The van der Waals surface area contributed by atoms with Gasteiger partial charge < -0.3 is 14.4 Å². The van der Waals surface area contributed by atoms with E-state index in [2.05, 4.69) is 0 Å². The number of hydrogen-bond acceptors (Lipinski definition) is 3. The molecule has 0 amide bonds. The molecule has 1 aromatic carbocycles. The summed E-state index contributed by atoms with van der Waals surface area (Å²) in [4.78, 5) is 10.6. The quantitative estimate of drug-likeness (QED) is 0.855. The van der Waals surface area contributed by atoms with Gasteiger partial charge in [-0.15, -0.1) is 0 Å². The summed E-state index contributed by atoms with van der Waals surface area (Å²) in [7, 11) is -0.398. The van der Waals surface area contributed by atoms with E-state index < -0.39 is 13.1 Å². The normalized spacial score (nSPS) is 20.1. The fourth-order valence-corrected chi connectivity index (χ4v) is 2.13. The maximum atomic E-state index is 10.6. The smallest absolute Gasteiger partial charge is 0.481 e. The van der Waals surface area contributed by atoms with Crippen LogP contribution in [-0.4, -0.2) is 29.4 Å². The minimum Gasteiger partial charge on any atom is -0.481 e. The second kappa shape index (κ2) is 5.22. The highest BCUT2D eigenvalue weighted by molar-refractivity contribution is 6.62. The van der Waals surface area contributed by atoms with Gasteiger partial charge in [0, 0.05) is 6.42 Å². The maximum absolute atomic E-state index is 10.6. The minimum atomic E-state index is -0.786. The van der Waals surface area contributed by atoms with Crippen LogP contribution < -0.4 is 5.46 Å². The van der Waals surface area contributed by atoms with Gasteiger partial charge in [-0.05, 0) is 45.1 Å². The monoisotopic (exact) mass is 276 g/mol. The lowest BCUT2D eigenvalue weighted by Crippen LogP contribution is -2.41. The van der Waals surface area contributed by atoms with Gasteiger partial charge in [-0.1, -0.05) is 24.3 Å². The highest BCUT2D eigenvalue weighted by atomic mass is 16.7. The zero-order valence-corrected chi connectivity index (χ0v) is 12.5. The second-order valence-electron chi connectivity index (χ2n) is 6.23. The van der Waals surface area contributed by atoms with Gasteiger partial charge in [-0.3, -0.25) is 4.79 Å². The lowest BCUT2D eigenvalue weighted by atomic mass is 9.78. The molecule has 1 aliphatic heterocycles. The molecule has 2 rings (SSSR count). The Morgan fingerprint density at radius 3 is 2.35 bits per heavy atom. The van der Waals surface area contributed by atoms with Crippen LogP contribution in [-0.2, 0) is 20.5 Å². The summed E-state index contributed by atoms with van der Waals surface area (Å²) < 4.78 is 12.0. The summed E-state index contributed by atoms with van der Waals surface area (Å²) in [6, 6.07) is 7.76. The van der Waals surface area contributed by atoms with E-state index in [1.807, 2.05) is 52.0 Å². The maximum Gasteiger partial charge on any atom is 0.494 e. The molecule has 1 aliphatic rings. The topological polar surface area (TPSA) is 55.8 Å². The van der Waals surface area contributed by atoms with Crippen LogP contribution in [0.25, 0.3) is 0 Å². The van der Waals surface area contributed by atoms with Gasteiger partial charge in [0.25, 0.3) is 0 Å². The Kier molecular flexibility index (Phi) is 3.94. The van der Waals surface area contributed by atoms with Crippen molar-refractivity contribution in [3.8, 4) is 0 Å². The van der Waals surface area contributed by atoms with Crippen molar-refractivity contribution in [2.45, 2.75) is 51.7 Å². The number of carbonyl (C=O) groups is 1. The van der Waals surface area contributed by atoms with Crippen LogP contribution in [0.5, 0.6) is 0 Å². The van der Waals surface area contributed by atoms with E-state index in [9.17, 15) is 4.79 Å². The molecule has 108 valence electrons. The highest BCUT2D eigenvalue weighted by Crippen LogP contribution is 2.36. The van der Waals surface area contributed by atoms with E-state index in [1.165, 1.54) is 0 Å². The van der Waals surface area contributed by atoms with Crippen molar-refractivity contribution in [1.29, 1.82) is 0 Å². The Hall–Kier alpha value is -1.33. The average molecular weight is 276 g/mol. The predicted octanol–water partition coefficient (Wildman–Crippen LogP) is 2.00. The first-order valence-electron chi connectivity index (χ1n) is 6.87. The van der Waals surface area contributed by atoms with Crippen molar-refractivity contribution < 1.29 is 19.2 Å².